The Kier molecular flexibility index (Phi) is 5.67. The van der Waals surface area contributed by atoms with Crippen LogP contribution in [-0.2, 0) is 11.2 Å². The zero-order valence-electron chi connectivity index (χ0n) is 12.1. The molecule has 19 heavy (non-hydrogen) atoms. The monoisotopic (exact) mass is 263 g/mol. The molecule has 1 aromatic rings. The van der Waals surface area contributed by atoms with E-state index in [1.165, 1.54) is 11.1 Å². The highest BCUT2D eigenvalue weighted by atomic mass is 16.5. The molecule has 0 radical (unpaired) electrons. The molecule has 0 aromatic heterocycles. The van der Waals surface area contributed by atoms with Gasteiger partial charge in [-0.05, 0) is 38.3 Å². The molecule has 0 spiro atoms. The van der Waals surface area contributed by atoms with Crippen molar-refractivity contribution < 1.29 is 9.47 Å². The number of para-hydroxylation sites is 1. The van der Waals surface area contributed by atoms with Gasteiger partial charge >= 0.3 is 0 Å². The van der Waals surface area contributed by atoms with E-state index in [-0.39, 0.29) is 0 Å². The van der Waals surface area contributed by atoms with Gasteiger partial charge in [0.05, 0.1) is 6.61 Å². The lowest BCUT2D eigenvalue weighted by Crippen LogP contribution is -2.24. The van der Waals surface area contributed by atoms with Crippen LogP contribution in [0.1, 0.15) is 43.9 Å². The number of ether oxygens (including phenoxy) is 2. The molecule has 0 saturated carbocycles. The van der Waals surface area contributed by atoms with E-state index in [4.69, 9.17) is 9.47 Å². The number of rotatable bonds is 7. The van der Waals surface area contributed by atoms with Crippen molar-refractivity contribution in [1.82, 2.24) is 5.32 Å². The van der Waals surface area contributed by atoms with Crippen molar-refractivity contribution in [2.24, 2.45) is 0 Å². The van der Waals surface area contributed by atoms with Gasteiger partial charge in [0.2, 0.25) is 0 Å². The van der Waals surface area contributed by atoms with Crippen LogP contribution in [-0.4, -0.2) is 26.4 Å². The molecule has 3 heteroatoms. The predicted molar refractivity (Wildman–Crippen MR) is 77.8 cm³/mol. The van der Waals surface area contributed by atoms with Gasteiger partial charge in [0.1, 0.15) is 5.75 Å². The lowest BCUT2D eigenvalue weighted by atomic mass is 9.96. The second-order valence-corrected chi connectivity index (χ2v) is 4.88. The maximum absolute atomic E-state index is 5.91. The molecule has 1 unspecified atom stereocenters. The second-order valence-electron chi connectivity index (χ2n) is 4.88. The van der Waals surface area contributed by atoms with E-state index in [0.717, 1.165) is 51.4 Å². The molecule has 0 fully saturated rings. The lowest BCUT2D eigenvalue weighted by molar-refractivity contribution is 0.136. The summed E-state index contributed by atoms with van der Waals surface area (Å²) in [4.78, 5) is 0. The Morgan fingerprint density at radius 2 is 2.26 bits per heavy atom. The SMILES string of the molecule is CCNC(CCOCC)c1cccc2c1OCCC2. The van der Waals surface area contributed by atoms with Crippen LogP contribution in [0.5, 0.6) is 5.75 Å². The summed E-state index contributed by atoms with van der Waals surface area (Å²) in [7, 11) is 0. The third-order valence-electron chi connectivity index (χ3n) is 3.54. The normalized spacial score (nSPS) is 15.7. The van der Waals surface area contributed by atoms with Crippen molar-refractivity contribution in [3.8, 4) is 5.75 Å². The summed E-state index contributed by atoms with van der Waals surface area (Å²) >= 11 is 0. The molecule has 0 saturated heterocycles. The third kappa shape index (κ3) is 3.71. The second kappa shape index (κ2) is 7.51. The van der Waals surface area contributed by atoms with Gasteiger partial charge in [0.25, 0.3) is 0 Å². The zero-order valence-corrected chi connectivity index (χ0v) is 12.1. The smallest absolute Gasteiger partial charge is 0.127 e. The molecule has 1 N–H and O–H groups in total. The van der Waals surface area contributed by atoms with Crippen molar-refractivity contribution in [1.29, 1.82) is 0 Å². The summed E-state index contributed by atoms with van der Waals surface area (Å²) in [5, 5.41) is 3.55. The van der Waals surface area contributed by atoms with Crippen molar-refractivity contribution in [2.75, 3.05) is 26.4 Å². The van der Waals surface area contributed by atoms with Gasteiger partial charge in [-0.15, -0.1) is 0 Å². The first-order chi connectivity index (χ1) is 9.36. The third-order valence-corrected chi connectivity index (χ3v) is 3.54. The molecular weight excluding hydrogens is 238 g/mol. The summed E-state index contributed by atoms with van der Waals surface area (Å²) in [6.07, 6.45) is 3.25. The average Bonchev–Trinajstić information content (AvgIpc) is 2.46. The van der Waals surface area contributed by atoms with E-state index in [1.807, 2.05) is 6.92 Å². The minimum atomic E-state index is 0.324. The lowest BCUT2D eigenvalue weighted by Gasteiger charge is -2.25. The molecule has 0 aliphatic carbocycles. The first kappa shape index (κ1) is 14.4. The topological polar surface area (TPSA) is 30.5 Å². The highest BCUT2D eigenvalue weighted by Crippen LogP contribution is 2.34. The fourth-order valence-electron chi connectivity index (χ4n) is 2.65. The number of fused-ring (bicyclic) bond motifs is 1. The molecule has 1 aromatic carbocycles. The van der Waals surface area contributed by atoms with E-state index in [0.29, 0.717) is 6.04 Å². The van der Waals surface area contributed by atoms with Crippen molar-refractivity contribution in [3.63, 3.8) is 0 Å². The van der Waals surface area contributed by atoms with Crippen LogP contribution < -0.4 is 10.1 Å². The fraction of sp³-hybridized carbons (Fsp3) is 0.625. The van der Waals surface area contributed by atoms with Crippen LogP contribution in [0, 0.1) is 0 Å². The number of benzene rings is 1. The van der Waals surface area contributed by atoms with Gasteiger partial charge in [-0.1, -0.05) is 25.1 Å². The van der Waals surface area contributed by atoms with Gasteiger partial charge in [0.15, 0.2) is 0 Å². The molecule has 0 amide bonds. The minimum absolute atomic E-state index is 0.324. The molecule has 1 aliphatic rings. The maximum Gasteiger partial charge on any atom is 0.127 e. The molecule has 106 valence electrons. The molecule has 0 bridgehead atoms. The number of nitrogens with one attached hydrogen (secondary N) is 1. The number of hydrogen-bond acceptors (Lipinski definition) is 3. The summed E-state index contributed by atoms with van der Waals surface area (Å²) in [6.45, 7) is 7.55. The Bertz CT molecular complexity index is 392. The Morgan fingerprint density at radius 1 is 1.37 bits per heavy atom. The molecular formula is C16H25NO2. The first-order valence-electron chi connectivity index (χ1n) is 7.42. The summed E-state index contributed by atoms with van der Waals surface area (Å²) in [6, 6.07) is 6.84. The van der Waals surface area contributed by atoms with Gasteiger partial charge in [0, 0.05) is 24.8 Å². The van der Waals surface area contributed by atoms with Crippen molar-refractivity contribution >= 4 is 0 Å². The Balaban J connectivity index is 2.15. The molecule has 1 aliphatic heterocycles. The van der Waals surface area contributed by atoms with Crippen LogP contribution in [0.2, 0.25) is 0 Å². The summed E-state index contributed by atoms with van der Waals surface area (Å²) in [5.74, 6) is 1.11. The number of aryl methyl sites for hydroxylation is 1. The van der Waals surface area contributed by atoms with Crippen molar-refractivity contribution in [2.45, 2.75) is 39.2 Å². The van der Waals surface area contributed by atoms with Crippen LogP contribution in [0.25, 0.3) is 0 Å². The Hall–Kier alpha value is -1.06. The van der Waals surface area contributed by atoms with E-state index >= 15 is 0 Å². The van der Waals surface area contributed by atoms with Crippen LogP contribution in [0.15, 0.2) is 18.2 Å². The highest BCUT2D eigenvalue weighted by Gasteiger charge is 2.20. The van der Waals surface area contributed by atoms with E-state index < -0.39 is 0 Å². The molecule has 1 atom stereocenters. The zero-order chi connectivity index (χ0) is 13.5. The standard InChI is InChI=1S/C16H25NO2/c1-3-17-15(10-12-18-4-2)14-9-5-7-13-8-6-11-19-16(13)14/h5,7,9,15,17H,3-4,6,8,10-12H2,1-2H3. The van der Waals surface area contributed by atoms with E-state index in [9.17, 15) is 0 Å². The van der Waals surface area contributed by atoms with Gasteiger partial charge < -0.3 is 14.8 Å². The number of hydrogen-bond donors (Lipinski definition) is 1. The maximum atomic E-state index is 5.91. The first-order valence-corrected chi connectivity index (χ1v) is 7.42. The molecule has 2 rings (SSSR count). The predicted octanol–water partition coefficient (Wildman–Crippen LogP) is 3.09. The average molecular weight is 263 g/mol. The summed E-state index contributed by atoms with van der Waals surface area (Å²) < 4.78 is 11.4. The van der Waals surface area contributed by atoms with Crippen LogP contribution in [0.3, 0.4) is 0 Å². The summed E-state index contributed by atoms with van der Waals surface area (Å²) in [5.41, 5.74) is 2.64. The minimum Gasteiger partial charge on any atom is -0.493 e. The quantitative estimate of drug-likeness (QED) is 0.767. The van der Waals surface area contributed by atoms with Crippen LogP contribution >= 0.6 is 0 Å². The van der Waals surface area contributed by atoms with E-state index in [2.05, 4.69) is 30.4 Å². The van der Waals surface area contributed by atoms with Gasteiger partial charge in [-0.3, -0.25) is 0 Å². The van der Waals surface area contributed by atoms with Crippen LogP contribution in [0.4, 0.5) is 0 Å². The van der Waals surface area contributed by atoms with Gasteiger partial charge in [-0.25, -0.2) is 0 Å². The van der Waals surface area contributed by atoms with Crippen molar-refractivity contribution in [3.05, 3.63) is 29.3 Å². The fourth-order valence-corrected chi connectivity index (χ4v) is 2.65. The highest BCUT2D eigenvalue weighted by molar-refractivity contribution is 5.44. The largest absolute Gasteiger partial charge is 0.493 e. The Labute approximate surface area is 116 Å². The molecule has 3 nitrogen and oxygen atoms in total. The van der Waals surface area contributed by atoms with E-state index in [1.54, 1.807) is 0 Å². The Morgan fingerprint density at radius 3 is 3.05 bits per heavy atom. The molecule has 1 heterocycles. The van der Waals surface area contributed by atoms with Gasteiger partial charge in [-0.2, -0.15) is 0 Å².